The Hall–Kier alpha value is -1.40. The van der Waals surface area contributed by atoms with E-state index in [1.54, 1.807) is 27.7 Å². The molecule has 0 amide bonds. The molecule has 0 N–H and O–H groups in total. The van der Waals surface area contributed by atoms with Gasteiger partial charge in [0.1, 0.15) is 31.0 Å². The normalized spacial score (nSPS) is 27.9. The van der Waals surface area contributed by atoms with Gasteiger partial charge in [-0.2, -0.15) is 0 Å². The Morgan fingerprint density at radius 1 is 1.23 bits per heavy atom. The first-order chi connectivity index (χ1) is 14.2. The summed E-state index contributed by atoms with van der Waals surface area (Å²) >= 11 is 0. The van der Waals surface area contributed by atoms with Crippen LogP contribution in [0.4, 0.5) is 0 Å². The Labute approximate surface area is 174 Å². The molecule has 3 heterocycles. The van der Waals surface area contributed by atoms with Crippen LogP contribution in [-0.2, 0) is 37.3 Å². The van der Waals surface area contributed by atoms with Crippen LogP contribution in [0.2, 0.25) is 0 Å². The molecule has 2 aliphatic heterocycles. The molecule has 13 heteroatoms. The Morgan fingerprint density at radius 2 is 1.90 bits per heavy atom. The number of nitrogens with zero attached hydrogens (tertiary/aromatic N) is 3. The summed E-state index contributed by atoms with van der Waals surface area (Å²) in [6.45, 7) is 7.60. The minimum atomic E-state index is -3.34. The Kier molecular flexibility index (Phi) is 7.28. The van der Waals surface area contributed by atoms with Gasteiger partial charge >= 0.3 is 13.6 Å². The second-order valence-electron chi connectivity index (χ2n) is 7.12. The van der Waals surface area contributed by atoms with Crippen molar-refractivity contribution in [3.8, 4) is 0 Å². The summed E-state index contributed by atoms with van der Waals surface area (Å²) in [6.07, 6.45) is -1.05. The van der Waals surface area contributed by atoms with Crippen molar-refractivity contribution in [2.24, 2.45) is 0 Å². The van der Waals surface area contributed by atoms with Gasteiger partial charge in [-0.1, -0.05) is 0 Å². The fraction of sp³-hybridized carbons (Fsp3) is 0.824. The van der Waals surface area contributed by atoms with E-state index in [0.717, 1.165) is 0 Å². The van der Waals surface area contributed by atoms with Gasteiger partial charge in [-0.25, -0.2) is 14.5 Å². The molecule has 1 aromatic heterocycles. The van der Waals surface area contributed by atoms with Crippen LogP contribution in [0.3, 0.4) is 0 Å². The Balaban J connectivity index is 1.69. The molecule has 2 fully saturated rings. The molecule has 0 saturated carbocycles. The summed E-state index contributed by atoms with van der Waals surface area (Å²) in [5, 5.41) is 4.12. The number of carbonyl (C=O) groups is 1. The molecule has 1 unspecified atom stereocenters. The van der Waals surface area contributed by atoms with Crippen LogP contribution in [0.25, 0.3) is 0 Å². The van der Waals surface area contributed by atoms with Gasteiger partial charge in [0.25, 0.3) is 5.82 Å². The summed E-state index contributed by atoms with van der Waals surface area (Å²) < 4.78 is 52.6. The number of fused-ring (bicyclic) bond motifs is 1. The third-order valence-electron chi connectivity index (χ3n) is 4.45. The molecule has 0 aromatic carbocycles. The van der Waals surface area contributed by atoms with E-state index in [4.69, 9.17) is 28.0 Å². The molecular weight excluding hydrogens is 421 g/mol. The van der Waals surface area contributed by atoms with Gasteiger partial charge in [0.2, 0.25) is 0 Å². The number of esters is 1. The average Bonchev–Trinajstić information content (AvgIpc) is 3.35. The monoisotopic (exact) mass is 449 g/mol. The summed E-state index contributed by atoms with van der Waals surface area (Å²) in [5.41, 5.74) is 0. The number of hydrogen-bond acceptors (Lipinski definition) is 11. The number of methoxy groups -OCH3 is 1. The number of rotatable bonds is 10. The topological polar surface area (TPSA) is 129 Å². The molecular formula is C17H28N3O9P. The zero-order valence-electron chi connectivity index (χ0n) is 17.7. The minimum Gasteiger partial charge on any atom is -0.463 e. The van der Waals surface area contributed by atoms with Gasteiger partial charge in [0.05, 0.1) is 26.9 Å². The molecule has 2 aliphatic rings. The van der Waals surface area contributed by atoms with Crippen LogP contribution in [0, 0.1) is 0 Å². The third-order valence-corrected chi connectivity index (χ3v) is 6.25. The molecule has 12 nitrogen and oxygen atoms in total. The maximum absolute atomic E-state index is 12.6. The molecule has 4 atom stereocenters. The highest BCUT2D eigenvalue weighted by molar-refractivity contribution is 7.53. The lowest BCUT2D eigenvalue weighted by Crippen LogP contribution is -2.33. The third kappa shape index (κ3) is 5.08. The predicted molar refractivity (Wildman–Crippen MR) is 101 cm³/mol. The standard InChI is InChI=1S/C17H28N3O9P/c1-6-25-30(22,26-7-2)10-24-8-11-12-13(29-17(3,4)28-12)15(27-11)20-9-18-14(19-20)16(21)23-5/h9,11-13,15H,6-8,10H2,1-5H3/t11-,12+,13?,15-/m1/s1. The second kappa shape index (κ2) is 9.39. The van der Waals surface area contributed by atoms with Crippen molar-refractivity contribution in [2.45, 2.75) is 58.0 Å². The first-order valence-electron chi connectivity index (χ1n) is 9.68. The van der Waals surface area contributed by atoms with E-state index in [9.17, 15) is 9.36 Å². The highest BCUT2D eigenvalue weighted by Gasteiger charge is 2.56. The maximum atomic E-state index is 12.6. The average molecular weight is 449 g/mol. The lowest BCUT2D eigenvalue weighted by Gasteiger charge is -2.24. The van der Waals surface area contributed by atoms with Crippen molar-refractivity contribution < 1.29 is 42.1 Å². The van der Waals surface area contributed by atoms with E-state index in [1.165, 1.54) is 18.1 Å². The molecule has 1 aromatic rings. The van der Waals surface area contributed by atoms with E-state index in [0.29, 0.717) is 0 Å². The molecule has 0 bridgehead atoms. The van der Waals surface area contributed by atoms with Crippen molar-refractivity contribution >= 4 is 13.6 Å². The summed E-state index contributed by atoms with van der Waals surface area (Å²) in [5.74, 6) is -1.59. The summed E-state index contributed by atoms with van der Waals surface area (Å²) in [7, 11) is -2.09. The van der Waals surface area contributed by atoms with E-state index in [1.807, 2.05) is 0 Å². The Bertz CT molecular complexity index is 776. The van der Waals surface area contributed by atoms with Gasteiger partial charge in [-0.15, -0.1) is 5.10 Å². The van der Waals surface area contributed by atoms with Crippen LogP contribution >= 0.6 is 7.60 Å². The second-order valence-corrected chi connectivity index (χ2v) is 9.11. The van der Waals surface area contributed by atoms with Gasteiger partial charge < -0.3 is 32.7 Å². The highest BCUT2D eigenvalue weighted by Crippen LogP contribution is 2.48. The summed E-state index contributed by atoms with van der Waals surface area (Å²) in [6, 6.07) is 0. The molecule has 30 heavy (non-hydrogen) atoms. The van der Waals surface area contributed by atoms with Crippen LogP contribution < -0.4 is 0 Å². The quantitative estimate of drug-likeness (QED) is 0.382. The maximum Gasteiger partial charge on any atom is 0.377 e. The van der Waals surface area contributed by atoms with Crippen LogP contribution in [0.15, 0.2) is 6.33 Å². The van der Waals surface area contributed by atoms with Gasteiger partial charge in [-0.05, 0) is 27.7 Å². The van der Waals surface area contributed by atoms with E-state index in [-0.39, 0.29) is 32.0 Å². The van der Waals surface area contributed by atoms with Crippen molar-refractivity contribution in [2.75, 3.05) is 33.3 Å². The number of carbonyl (C=O) groups excluding carboxylic acids is 1. The van der Waals surface area contributed by atoms with Gasteiger partial charge in [0, 0.05) is 0 Å². The first-order valence-corrected chi connectivity index (χ1v) is 11.4. The molecule has 2 saturated heterocycles. The molecule has 0 aliphatic carbocycles. The zero-order valence-corrected chi connectivity index (χ0v) is 18.6. The van der Waals surface area contributed by atoms with E-state index >= 15 is 0 Å². The molecule has 0 radical (unpaired) electrons. The SMILES string of the molecule is CCOP(=O)(COC[C@H]1O[C@@H](n2cnc(C(=O)OC)n2)C2OC(C)(C)O[C@H]21)OCC. The molecule has 0 spiro atoms. The van der Waals surface area contributed by atoms with E-state index < -0.39 is 43.9 Å². The highest BCUT2D eigenvalue weighted by atomic mass is 31.2. The van der Waals surface area contributed by atoms with Crippen LogP contribution in [0.1, 0.15) is 44.5 Å². The number of aromatic nitrogens is 3. The minimum absolute atomic E-state index is 0.0692. The van der Waals surface area contributed by atoms with Gasteiger partial charge in [-0.3, -0.25) is 4.57 Å². The number of hydrogen-bond donors (Lipinski definition) is 0. The predicted octanol–water partition coefficient (Wildman–Crippen LogP) is 1.72. The smallest absolute Gasteiger partial charge is 0.377 e. The van der Waals surface area contributed by atoms with Crippen LogP contribution in [-0.4, -0.2) is 78.1 Å². The van der Waals surface area contributed by atoms with Crippen molar-refractivity contribution in [1.82, 2.24) is 14.8 Å². The largest absolute Gasteiger partial charge is 0.463 e. The zero-order chi connectivity index (χ0) is 21.9. The van der Waals surface area contributed by atoms with Crippen molar-refractivity contribution in [3.63, 3.8) is 0 Å². The van der Waals surface area contributed by atoms with Crippen molar-refractivity contribution in [1.29, 1.82) is 0 Å². The van der Waals surface area contributed by atoms with Crippen LogP contribution in [0.5, 0.6) is 0 Å². The molecule has 170 valence electrons. The van der Waals surface area contributed by atoms with Gasteiger partial charge in [0.15, 0.2) is 12.0 Å². The van der Waals surface area contributed by atoms with E-state index in [2.05, 4.69) is 14.8 Å². The lowest BCUT2D eigenvalue weighted by atomic mass is 10.1. The summed E-state index contributed by atoms with van der Waals surface area (Å²) in [4.78, 5) is 15.6. The number of ether oxygens (including phenoxy) is 5. The van der Waals surface area contributed by atoms with Crippen molar-refractivity contribution in [3.05, 3.63) is 12.2 Å². The Morgan fingerprint density at radius 3 is 2.53 bits per heavy atom. The molecule has 3 rings (SSSR count). The fourth-order valence-electron chi connectivity index (χ4n) is 3.37. The lowest BCUT2D eigenvalue weighted by molar-refractivity contribution is -0.203. The fourth-order valence-corrected chi connectivity index (χ4v) is 4.71. The first kappa shape index (κ1) is 23.3.